The smallest absolute Gasteiger partial charge is 0.00966 e. The molecule has 3 aliphatic carbocycles. The van der Waals surface area contributed by atoms with Crippen LogP contribution in [0.3, 0.4) is 0 Å². The van der Waals surface area contributed by atoms with Gasteiger partial charge in [0.2, 0.25) is 0 Å². The lowest BCUT2D eigenvalue weighted by Gasteiger charge is -2.39. The fourth-order valence-electron chi connectivity index (χ4n) is 2.72. The molecular formula is C13H23N. The normalized spacial score (nSPS) is 36.4. The van der Waals surface area contributed by atoms with Crippen LogP contribution in [0, 0.1) is 17.8 Å². The van der Waals surface area contributed by atoms with E-state index in [1.165, 1.54) is 25.8 Å². The summed E-state index contributed by atoms with van der Waals surface area (Å²) < 4.78 is 0. The summed E-state index contributed by atoms with van der Waals surface area (Å²) in [7, 11) is 0. The van der Waals surface area contributed by atoms with E-state index in [1.54, 1.807) is 0 Å². The molecule has 3 atom stereocenters. The van der Waals surface area contributed by atoms with Crippen LogP contribution in [-0.2, 0) is 0 Å². The van der Waals surface area contributed by atoms with E-state index >= 15 is 0 Å². The van der Waals surface area contributed by atoms with Crippen molar-refractivity contribution in [2.24, 2.45) is 17.8 Å². The molecule has 2 bridgehead atoms. The number of rotatable bonds is 2. The number of allylic oxidation sites excluding steroid dienone is 2. The maximum atomic E-state index is 3.64. The number of hydrogen-bond acceptors (Lipinski definition) is 1. The molecule has 1 saturated carbocycles. The maximum absolute atomic E-state index is 3.64. The average Bonchev–Trinajstić information content (AvgIpc) is 2.16. The Labute approximate surface area is 88.0 Å². The van der Waals surface area contributed by atoms with Crippen molar-refractivity contribution in [3.8, 4) is 0 Å². The number of fused-ring (bicyclic) bond motifs is 2. The third kappa shape index (κ3) is 2.38. The molecule has 1 N–H and O–H groups in total. The lowest BCUT2D eigenvalue weighted by molar-refractivity contribution is 0.202. The van der Waals surface area contributed by atoms with Crippen LogP contribution in [0.2, 0.25) is 0 Å². The molecule has 0 saturated heterocycles. The minimum absolute atomic E-state index is 0.278. The van der Waals surface area contributed by atoms with Crippen LogP contribution < -0.4 is 5.32 Å². The lowest BCUT2D eigenvalue weighted by atomic mass is 9.69. The van der Waals surface area contributed by atoms with Crippen LogP contribution in [0.5, 0.6) is 0 Å². The first-order valence-corrected chi connectivity index (χ1v) is 5.98. The van der Waals surface area contributed by atoms with Gasteiger partial charge in [0.15, 0.2) is 0 Å². The van der Waals surface area contributed by atoms with Gasteiger partial charge < -0.3 is 5.32 Å². The van der Waals surface area contributed by atoms with Crippen LogP contribution in [0.4, 0.5) is 0 Å². The maximum Gasteiger partial charge on any atom is 0.00966 e. The Bertz CT molecular complexity index is 224. The van der Waals surface area contributed by atoms with E-state index in [9.17, 15) is 0 Å². The molecule has 0 radical (unpaired) electrons. The van der Waals surface area contributed by atoms with Gasteiger partial charge in [-0.3, -0.25) is 0 Å². The molecule has 0 aromatic heterocycles. The summed E-state index contributed by atoms with van der Waals surface area (Å²) in [6.45, 7) is 7.97. The minimum Gasteiger partial charge on any atom is -0.312 e. The van der Waals surface area contributed by atoms with Crippen molar-refractivity contribution in [2.75, 3.05) is 6.54 Å². The van der Waals surface area contributed by atoms with Crippen molar-refractivity contribution in [3.63, 3.8) is 0 Å². The van der Waals surface area contributed by atoms with Gasteiger partial charge in [-0.05, 0) is 64.3 Å². The highest BCUT2D eigenvalue weighted by Crippen LogP contribution is 2.40. The predicted molar refractivity (Wildman–Crippen MR) is 61.2 cm³/mol. The van der Waals surface area contributed by atoms with Gasteiger partial charge in [-0.25, -0.2) is 0 Å². The van der Waals surface area contributed by atoms with Crippen LogP contribution >= 0.6 is 0 Å². The number of nitrogens with one attached hydrogen (secondary N) is 1. The molecule has 1 fully saturated rings. The average molecular weight is 193 g/mol. The molecule has 0 spiro atoms. The molecule has 0 aromatic rings. The first-order valence-electron chi connectivity index (χ1n) is 5.98. The zero-order chi connectivity index (χ0) is 10.2. The van der Waals surface area contributed by atoms with Crippen molar-refractivity contribution in [3.05, 3.63) is 12.2 Å². The summed E-state index contributed by atoms with van der Waals surface area (Å²) in [4.78, 5) is 0. The van der Waals surface area contributed by atoms with Crippen molar-refractivity contribution < 1.29 is 0 Å². The van der Waals surface area contributed by atoms with Gasteiger partial charge in [-0.2, -0.15) is 0 Å². The SMILES string of the molecule is CC(C)(C)NC[C@@H]1C[C@@H]2C=C[C@H]1CC2. The van der Waals surface area contributed by atoms with Gasteiger partial charge in [-0.15, -0.1) is 0 Å². The van der Waals surface area contributed by atoms with E-state index in [-0.39, 0.29) is 5.54 Å². The highest BCUT2D eigenvalue weighted by atomic mass is 14.9. The summed E-state index contributed by atoms with van der Waals surface area (Å²) in [5, 5.41) is 3.64. The Hall–Kier alpha value is -0.300. The van der Waals surface area contributed by atoms with E-state index in [0.717, 1.165) is 17.8 Å². The van der Waals surface area contributed by atoms with Gasteiger partial charge in [-0.1, -0.05) is 12.2 Å². The molecule has 3 rings (SSSR count). The molecule has 0 aliphatic heterocycles. The summed E-state index contributed by atoms with van der Waals surface area (Å²) in [5.41, 5.74) is 0.278. The zero-order valence-corrected chi connectivity index (χ0v) is 9.72. The third-order valence-corrected chi connectivity index (χ3v) is 3.61. The monoisotopic (exact) mass is 193 g/mol. The number of hydrogen-bond donors (Lipinski definition) is 1. The van der Waals surface area contributed by atoms with E-state index in [0.29, 0.717) is 0 Å². The minimum atomic E-state index is 0.278. The van der Waals surface area contributed by atoms with E-state index in [2.05, 4.69) is 38.2 Å². The van der Waals surface area contributed by atoms with Gasteiger partial charge in [0, 0.05) is 5.54 Å². The highest BCUT2D eigenvalue weighted by molar-refractivity contribution is 5.06. The summed E-state index contributed by atoms with van der Waals surface area (Å²) >= 11 is 0. The van der Waals surface area contributed by atoms with Gasteiger partial charge in [0.25, 0.3) is 0 Å². The zero-order valence-electron chi connectivity index (χ0n) is 9.72. The van der Waals surface area contributed by atoms with Gasteiger partial charge >= 0.3 is 0 Å². The molecule has 14 heavy (non-hydrogen) atoms. The Kier molecular flexibility index (Phi) is 2.70. The Morgan fingerprint density at radius 2 is 2.00 bits per heavy atom. The molecular weight excluding hydrogens is 170 g/mol. The predicted octanol–water partition coefficient (Wildman–Crippen LogP) is 2.98. The van der Waals surface area contributed by atoms with Crippen molar-refractivity contribution in [2.45, 2.75) is 45.6 Å². The molecule has 1 heteroatoms. The Morgan fingerprint density at radius 1 is 1.21 bits per heavy atom. The van der Waals surface area contributed by atoms with Crippen molar-refractivity contribution in [1.82, 2.24) is 5.32 Å². The molecule has 1 nitrogen and oxygen atoms in total. The fourth-order valence-corrected chi connectivity index (χ4v) is 2.72. The van der Waals surface area contributed by atoms with Crippen LogP contribution in [-0.4, -0.2) is 12.1 Å². The Morgan fingerprint density at radius 3 is 2.43 bits per heavy atom. The molecule has 0 aromatic carbocycles. The molecule has 0 heterocycles. The largest absolute Gasteiger partial charge is 0.312 e. The second-order valence-electron chi connectivity index (χ2n) is 6.01. The van der Waals surface area contributed by atoms with Crippen molar-refractivity contribution >= 4 is 0 Å². The first-order chi connectivity index (χ1) is 6.54. The fraction of sp³-hybridized carbons (Fsp3) is 0.846. The summed E-state index contributed by atoms with van der Waals surface area (Å²) in [5.74, 6) is 2.67. The quantitative estimate of drug-likeness (QED) is 0.665. The molecule has 3 aliphatic rings. The van der Waals surface area contributed by atoms with Crippen LogP contribution in [0.15, 0.2) is 12.2 Å². The van der Waals surface area contributed by atoms with Crippen molar-refractivity contribution in [1.29, 1.82) is 0 Å². The van der Waals surface area contributed by atoms with Crippen LogP contribution in [0.1, 0.15) is 40.0 Å². The van der Waals surface area contributed by atoms with Gasteiger partial charge in [0.05, 0.1) is 0 Å². The second kappa shape index (κ2) is 3.69. The first kappa shape index (κ1) is 10.2. The van der Waals surface area contributed by atoms with E-state index in [1.807, 2.05) is 0 Å². The van der Waals surface area contributed by atoms with E-state index < -0.39 is 0 Å². The van der Waals surface area contributed by atoms with Gasteiger partial charge in [0.1, 0.15) is 0 Å². The summed E-state index contributed by atoms with van der Waals surface area (Å²) in [6, 6.07) is 0. The Balaban J connectivity index is 1.86. The highest BCUT2D eigenvalue weighted by Gasteiger charge is 2.31. The summed E-state index contributed by atoms with van der Waals surface area (Å²) in [6.07, 6.45) is 9.20. The molecule has 0 amide bonds. The third-order valence-electron chi connectivity index (χ3n) is 3.61. The molecule has 80 valence electrons. The van der Waals surface area contributed by atoms with E-state index in [4.69, 9.17) is 0 Å². The standard InChI is InChI=1S/C13H23N/c1-13(2,3)14-9-12-8-10-4-6-11(12)7-5-10/h4,6,10-12,14H,5,7-9H2,1-3H3/t10-,11+,12+/m1/s1. The second-order valence-corrected chi connectivity index (χ2v) is 6.01. The lowest BCUT2D eigenvalue weighted by Crippen LogP contribution is -2.42. The topological polar surface area (TPSA) is 12.0 Å². The van der Waals surface area contributed by atoms with Crippen LogP contribution in [0.25, 0.3) is 0 Å². The molecule has 0 unspecified atom stereocenters.